The van der Waals surface area contributed by atoms with Crippen LogP contribution in [-0.2, 0) is 17.6 Å². The number of nitrogens with zero attached hydrogens (tertiary/aromatic N) is 3. The molecule has 0 aliphatic heterocycles. The molecule has 1 unspecified atom stereocenters. The predicted octanol–water partition coefficient (Wildman–Crippen LogP) is 1.38. The molecule has 5 nitrogen and oxygen atoms in total. The highest BCUT2D eigenvalue weighted by molar-refractivity contribution is 5.76. The standard InChI is InChI=1S/C10H15F3N4O/c1-3-4-8-7(5-9(14)18)15-16-17(8)6(2)10(11,12)13/h6H,3-5H2,1-2H3,(H2,14,18). The molecular weight excluding hydrogens is 249 g/mol. The van der Waals surface area contributed by atoms with Crippen molar-refractivity contribution in [2.24, 2.45) is 5.73 Å². The minimum Gasteiger partial charge on any atom is -0.369 e. The van der Waals surface area contributed by atoms with E-state index in [0.717, 1.165) is 11.6 Å². The lowest BCUT2D eigenvalue weighted by atomic mass is 10.1. The molecule has 1 heterocycles. The van der Waals surface area contributed by atoms with Crippen molar-refractivity contribution in [3.05, 3.63) is 11.4 Å². The minimum absolute atomic E-state index is 0.195. The highest BCUT2D eigenvalue weighted by Crippen LogP contribution is 2.31. The van der Waals surface area contributed by atoms with E-state index in [1.54, 1.807) is 0 Å². The smallest absolute Gasteiger partial charge is 0.369 e. The van der Waals surface area contributed by atoms with Crippen molar-refractivity contribution in [3.8, 4) is 0 Å². The highest BCUT2D eigenvalue weighted by atomic mass is 19.4. The molecule has 0 fully saturated rings. The number of rotatable bonds is 5. The third-order valence-electron chi connectivity index (χ3n) is 2.54. The summed E-state index contributed by atoms with van der Waals surface area (Å²) in [5.41, 5.74) is 5.57. The van der Waals surface area contributed by atoms with Gasteiger partial charge in [-0.25, -0.2) is 4.68 Å². The third kappa shape index (κ3) is 3.21. The Morgan fingerprint density at radius 1 is 1.50 bits per heavy atom. The van der Waals surface area contributed by atoms with E-state index in [0.29, 0.717) is 18.5 Å². The maximum Gasteiger partial charge on any atom is 0.410 e. The number of carbonyl (C=O) groups is 1. The van der Waals surface area contributed by atoms with E-state index in [4.69, 9.17) is 5.73 Å². The molecule has 1 rings (SSSR count). The lowest BCUT2D eigenvalue weighted by Crippen LogP contribution is -2.26. The summed E-state index contributed by atoms with van der Waals surface area (Å²) >= 11 is 0. The normalized spacial score (nSPS) is 13.6. The Bertz CT molecular complexity index is 427. The van der Waals surface area contributed by atoms with Crippen LogP contribution in [0.25, 0.3) is 0 Å². The average Bonchev–Trinajstić information content (AvgIpc) is 2.59. The molecule has 0 aromatic carbocycles. The summed E-state index contributed by atoms with van der Waals surface area (Å²) in [5, 5.41) is 7.11. The van der Waals surface area contributed by atoms with E-state index in [1.165, 1.54) is 0 Å². The Morgan fingerprint density at radius 2 is 2.11 bits per heavy atom. The van der Waals surface area contributed by atoms with Crippen molar-refractivity contribution in [2.45, 2.75) is 45.3 Å². The van der Waals surface area contributed by atoms with Gasteiger partial charge in [0.25, 0.3) is 0 Å². The molecule has 0 bridgehead atoms. The SMILES string of the molecule is CCCc1c(CC(N)=O)nnn1C(C)C(F)(F)F. The first-order valence-corrected chi connectivity index (χ1v) is 5.55. The van der Waals surface area contributed by atoms with Crippen LogP contribution < -0.4 is 5.73 Å². The molecule has 0 radical (unpaired) electrons. The molecule has 1 aromatic rings. The molecular formula is C10H15F3N4O. The Labute approximate surface area is 102 Å². The molecule has 0 saturated carbocycles. The zero-order valence-electron chi connectivity index (χ0n) is 10.2. The van der Waals surface area contributed by atoms with Crippen LogP contribution in [0, 0.1) is 0 Å². The highest BCUT2D eigenvalue weighted by Gasteiger charge is 2.39. The van der Waals surface area contributed by atoms with Gasteiger partial charge in [-0.1, -0.05) is 18.6 Å². The van der Waals surface area contributed by atoms with Gasteiger partial charge in [-0.15, -0.1) is 5.10 Å². The maximum absolute atomic E-state index is 12.6. The first kappa shape index (κ1) is 14.5. The lowest BCUT2D eigenvalue weighted by molar-refractivity contribution is -0.166. The third-order valence-corrected chi connectivity index (χ3v) is 2.54. The number of halogens is 3. The van der Waals surface area contributed by atoms with Crippen molar-refractivity contribution in [3.63, 3.8) is 0 Å². The number of carbonyl (C=O) groups excluding carboxylic acids is 1. The summed E-state index contributed by atoms with van der Waals surface area (Å²) in [6.07, 6.45) is -3.60. The Kier molecular flexibility index (Phi) is 4.31. The van der Waals surface area contributed by atoms with E-state index in [1.807, 2.05) is 6.92 Å². The van der Waals surface area contributed by atoms with Crippen LogP contribution in [0.15, 0.2) is 0 Å². The van der Waals surface area contributed by atoms with Gasteiger partial charge in [0.2, 0.25) is 5.91 Å². The van der Waals surface area contributed by atoms with Crippen LogP contribution in [-0.4, -0.2) is 27.1 Å². The first-order chi connectivity index (χ1) is 8.27. The van der Waals surface area contributed by atoms with Gasteiger partial charge in [0.15, 0.2) is 0 Å². The number of primary amides is 1. The molecule has 102 valence electrons. The van der Waals surface area contributed by atoms with Crippen LogP contribution in [0.2, 0.25) is 0 Å². The first-order valence-electron chi connectivity index (χ1n) is 5.55. The molecule has 1 aromatic heterocycles. The van der Waals surface area contributed by atoms with Gasteiger partial charge >= 0.3 is 6.18 Å². The van der Waals surface area contributed by atoms with Gasteiger partial charge in [-0.05, 0) is 13.3 Å². The molecule has 0 saturated heterocycles. The molecule has 2 N–H and O–H groups in total. The van der Waals surface area contributed by atoms with Crippen molar-refractivity contribution in [1.29, 1.82) is 0 Å². The zero-order valence-corrected chi connectivity index (χ0v) is 10.2. The zero-order chi connectivity index (χ0) is 13.9. The molecule has 18 heavy (non-hydrogen) atoms. The quantitative estimate of drug-likeness (QED) is 0.873. The summed E-state index contributed by atoms with van der Waals surface area (Å²) in [6, 6.07) is -1.77. The Hall–Kier alpha value is -1.60. The van der Waals surface area contributed by atoms with Gasteiger partial charge in [0.1, 0.15) is 6.04 Å². The van der Waals surface area contributed by atoms with Gasteiger partial charge in [-0.2, -0.15) is 13.2 Å². The summed E-state index contributed by atoms with van der Waals surface area (Å²) in [4.78, 5) is 10.8. The minimum atomic E-state index is -4.40. The molecule has 1 amide bonds. The average molecular weight is 264 g/mol. The van der Waals surface area contributed by atoms with Crippen molar-refractivity contribution >= 4 is 5.91 Å². The number of nitrogens with two attached hydrogens (primary N) is 1. The number of alkyl halides is 3. The number of hydrogen-bond acceptors (Lipinski definition) is 3. The summed E-state index contributed by atoms with van der Waals surface area (Å²) in [6.45, 7) is 2.82. The Morgan fingerprint density at radius 3 is 2.56 bits per heavy atom. The monoisotopic (exact) mass is 264 g/mol. The second kappa shape index (κ2) is 5.36. The fourth-order valence-corrected chi connectivity index (χ4v) is 1.59. The topological polar surface area (TPSA) is 73.8 Å². The molecule has 1 atom stereocenters. The van der Waals surface area contributed by atoms with Crippen LogP contribution in [0.5, 0.6) is 0 Å². The van der Waals surface area contributed by atoms with Crippen LogP contribution in [0.1, 0.15) is 37.7 Å². The van der Waals surface area contributed by atoms with Crippen molar-refractivity contribution in [2.75, 3.05) is 0 Å². The fraction of sp³-hybridized carbons (Fsp3) is 0.700. The van der Waals surface area contributed by atoms with Crippen LogP contribution >= 0.6 is 0 Å². The maximum atomic E-state index is 12.6. The molecule has 0 spiro atoms. The second-order valence-electron chi connectivity index (χ2n) is 4.04. The second-order valence-corrected chi connectivity index (χ2v) is 4.04. The van der Waals surface area contributed by atoms with Crippen molar-refractivity contribution in [1.82, 2.24) is 15.0 Å². The Balaban J connectivity index is 3.12. The molecule has 0 aliphatic carbocycles. The van der Waals surface area contributed by atoms with Gasteiger partial charge in [0.05, 0.1) is 17.8 Å². The van der Waals surface area contributed by atoms with E-state index in [-0.39, 0.29) is 12.1 Å². The summed E-state index contributed by atoms with van der Waals surface area (Å²) in [5.74, 6) is -0.640. The predicted molar refractivity (Wildman–Crippen MR) is 57.7 cm³/mol. The van der Waals surface area contributed by atoms with Crippen LogP contribution in [0.4, 0.5) is 13.2 Å². The lowest BCUT2D eigenvalue weighted by Gasteiger charge is -2.17. The van der Waals surface area contributed by atoms with E-state index in [2.05, 4.69) is 10.3 Å². The number of hydrogen-bond donors (Lipinski definition) is 1. The van der Waals surface area contributed by atoms with E-state index >= 15 is 0 Å². The largest absolute Gasteiger partial charge is 0.410 e. The fourth-order valence-electron chi connectivity index (χ4n) is 1.59. The van der Waals surface area contributed by atoms with Crippen LogP contribution in [0.3, 0.4) is 0 Å². The van der Waals surface area contributed by atoms with E-state index in [9.17, 15) is 18.0 Å². The molecule has 8 heteroatoms. The van der Waals surface area contributed by atoms with E-state index < -0.39 is 18.1 Å². The summed E-state index contributed by atoms with van der Waals surface area (Å²) < 4.78 is 38.8. The molecule has 0 aliphatic rings. The van der Waals surface area contributed by atoms with Crippen molar-refractivity contribution < 1.29 is 18.0 Å². The van der Waals surface area contributed by atoms with Gasteiger partial charge in [0, 0.05) is 0 Å². The number of aromatic nitrogens is 3. The summed E-state index contributed by atoms with van der Waals surface area (Å²) in [7, 11) is 0. The van der Waals surface area contributed by atoms with Gasteiger partial charge < -0.3 is 5.73 Å². The van der Waals surface area contributed by atoms with Gasteiger partial charge in [-0.3, -0.25) is 4.79 Å². The number of amides is 1.